The van der Waals surface area contributed by atoms with Gasteiger partial charge in [0.25, 0.3) is 0 Å². The summed E-state index contributed by atoms with van der Waals surface area (Å²) in [7, 11) is 0. The molecule has 2 N–H and O–H groups in total. The Bertz CT molecular complexity index is 1160. The minimum Gasteiger partial charge on any atom is -0.318 e. The first kappa shape index (κ1) is 24.4. The second kappa shape index (κ2) is 7.91. The number of amides is 2. The lowest BCUT2D eigenvalue weighted by Gasteiger charge is -2.38. The van der Waals surface area contributed by atoms with Crippen LogP contribution >= 0.6 is 0 Å². The molecule has 34 heavy (non-hydrogen) atoms. The highest BCUT2D eigenvalue weighted by Crippen LogP contribution is 2.56. The molecule has 1 saturated carbocycles. The summed E-state index contributed by atoms with van der Waals surface area (Å²) in [5.74, 6) is -0.380. The first-order valence-corrected chi connectivity index (χ1v) is 12.2. The van der Waals surface area contributed by atoms with Crippen molar-refractivity contribution in [2.45, 2.75) is 89.6 Å². The number of benzene rings is 2. The van der Waals surface area contributed by atoms with Gasteiger partial charge in [0, 0.05) is 16.2 Å². The zero-order chi connectivity index (χ0) is 25.1. The van der Waals surface area contributed by atoms with Crippen LogP contribution in [0.25, 0.3) is 0 Å². The van der Waals surface area contributed by atoms with Gasteiger partial charge in [0.15, 0.2) is 0 Å². The molecule has 0 unspecified atom stereocenters. The molecular weight excluding hydrogens is 420 g/mol. The van der Waals surface area contributed by atoms with E-state index < -0.39 is 5.54 Å². The molecule has 0 bridgehead atoms. The molecule has 2 aromatic rings. The molecule has 0 aliphatic heterocycles. The number of imide groups is 1. The molecule has 0 heterocycles. The van der Waals surface area contributed by atoms with Crippen molar-refractivity contribution in [3.63, 3.8) is 0 Å². The van der Waals surface area contributed by atoms with Gasteiger partial charge >= 0.3 is 0 Å². The maximum Gasteiger partial charge on any atom is 0.248 e. The number of rotatable bonds is 6. The molecule has 4 heteroatoms. The van der Waals surface area contributed by atoms with Crippen molar-refractivity contribution in [1.82, 2.24) is 4.90 Å². The molecule has 0 atom stereocenters. The Balaban J connectivity index is 1.66. The highest BCUT2D eigenvalue weighted by molar-refractivity contribution is 5.92. The number of allylic oxidation sites excluding steroid dienone is 2. The lowest BCUT2D eigenvalue weighted by atomic mass is 9.66. The third-order valence-electron chi connectivity index (χ3n) is 7.73. The quantitative estimate of drug-likeness (QED) is 0.464. The monoisotopic (exact) mass is 458 g/mol. The maximum atomic E-state index is 12.4. The Labute approximate surface area is 204 Å². The maximum absolute atomic E-state index is 12.4. The van der Waals surface area contributed by atoms with E-state index >= 15 is 0 Å². The Morgan fingerprint density at radius 2 is 1.50 bits per heavy atom. The fourth-order valence-corrected chi connectivity index (χ4v) is 5.38. The Kier molecular flexibility index (Phi) is 5.68. The van der Waals surface area contributed by atoms with Crippen LogP contribution in [0.2, 0.25) is 0 Å². The second-order valence-electron chi connectivity index (χ2n) is 12.0. The molecule has 0 radical (unpaired) electrons. The molecule has 180 valence electrons. The first-order valence-electron chi connectivity index (χ1n) is 12.2. The van der Waals surface area contributed by atoms with Crippen LogP contribution in [0.5, 0.6) is 0 Å². The SMILES string of the molecule is Cc1cc2c(cc1C1(c3ccc(CN(C=O)C(=O)C(C)(C)N)cc3)CC1)C(C)(C)C=CC2(C)C. The molecule has 0 spiro atoms. The average molecular weight is 459 g/mol. The summed E-state index contributed by atoms with van der Waals surface area (Å²) in [6.45, 7) is 14.9. The van der Waals surface area contributed by atoms with E-state index in [4.69, 9.17) is 5.73 Å². The van der Waals surface area contributed by atoms with Gasteiger partial charge in [-0.25, -0.2) is 0 Å². The highest BCUT2D eigenvalue weighted by Gasteiger charge is 2.48. The van der Waals surface area contributed by atoms with E-state index in [0.29, 0.717) is 6.41 Å². The van der Waals surface area contributed by atoms with Gasteiger partial charge in [0.1, 0.15) is 0 Å². The molecular formula is C30H38N2O2. The molecule has 0 saturated heterocycles. The summed E-state index contributed by atoms with van der Waals surface area (Å²) in [5.41, 5.74) is 12.7. The number of nitrogens with zero attached hydrogens (tertiary/aromatic N) is 1. The summed E-state index contributed by atoms with van der Waals surface area (Å²) in [6.07, 6.45) is 7.53. The largest absolute Gasteiger partial charge is 0.318 e. The van der Waals surface area contributed by atoms with Crippen LogP contribution in [-0.4, -0.2) is 22.8 Å². The summed E-state index contributed by atoms with van der Waals surface area (Å²) in [4.78, 5) is 25.1. The van der Waals surface area contributed by atoms with Crippen molar-refractivity contribution in [1.29, 1.82) is 0 Å². The lowest BCUT2D eigenvalue weighted by molar-refractivity contribution is -0.142. The smallest absolute Gasteiger partial charge is 0.248 e. The summed E-state index contributed by atoms with van der Waals surface area (Å²) >= 11 is 0. The number of hydrogen-bond donors (Lipinski definition) is 1. The van der Waals surface area contributed by atoms with E-state index in [1.807, 2.05) is 12.1 Å². The normalized spacial score (nSPS) is 19.3. The van der Waals surface area contributed by atoms with Gasteiger partial charge in [-0.1, -0.05) is 76.2 Å². The van der Waals surface area contributed by atoms with Gasteiger partial charge in [0.2, 0.25) is 12.3 Å². The van der Waals surface area contributed by atoms with Gasteiger partial charge in [-0.2, -0.15) is 0 Å². The molecule has 1 fully saturated rings. The predicted octanol–water partition coefficient (Wildman–Crippen LogP) is 5.42. The minimum absolute atomic E-state index is 0.00877. The molecule has 4 nitrogen and oxygen atoms in total. The van der Waals surface area contributed by atoms with Crippen LogP contribution in [0.1, 0.15) is 87.8 Å². The Morgan fingerprint density at radius 3 is 1.97 bits per heavy atom. The van der Waals surface area contributed by atoms with Crippen molar-refractivity contribution in [3.8, 4) is 0 Å². The first-order chi connectivity index (χ1) is 15.7. The third kappa shape index (κ3) is 4.13. The number of carbonyl (C=O) groups is 2. The van der Waals surface area contributed by atoms with Crippen molar-refractivity contribution >= 4 is 12.3 Å². The van der Waals surface area contributed by atoms with Crippen LogP contribution in [-0.2, 0) is 32.4 Å². The predicted molar refractivity (Wildman–Crippen MR) is 138 cm³/mol. The van der Waals surface area contributed by atoms with Crippen LogP contribution in [0.15, 0.2) is 48.6 Å². The van der Waals surface area contributed by atoms with Gasteiger partial charge in [-0.15, -0.1) is 0 Å². The number of nitrogens with two attached hydrogens (primary N) is 1. The van der Waals surface area contributed by atoms with E-state index in [-0.39, 0.29) is 28.7 Å². The summed E-state index contributed by atoms with van der Waals surface area (Å²) < 4.78 is 0. The Hall–Kier alpha value is -2.72. The highest BCUT2D eigenvalue weighted by atomic mass is 16.2. The molecule has 2 aromatic carbocycles. The van der Waals surface area contributed by atoms with E-state index in [1.165, 1.54) is 27.8 Å². The van der Waals surface area contributed by atoms with E-state index in [2.05, 4.69) is 71.0 Å². The van der Waals surface area contributed by atoms with Gasteiger partial charge in [-0.05, 0) is 67.0 Å². The van der Waals surface area contributed by atoms with Crippen molar-refractivity contribution in [3.05, 3.63) is 81.9 Å². The third-order valence-corrected chi connectivity index (χ3v) is 7.73. The fraction of sp³-hybridized carbons (Fsp3) is 0.467. The molecule has 4 rings (SSSR count). The second-order valence-corrected chi connectivity index (χ2v) is 12.0. The van der Waals surface area contributed by atoms with Crippen LogP contribution in [0, 0.1) is 6.92 Å². The van der Waals surface area contributed by atoms with Gasteiger partial charge in [0.05, 0.1) is 12.1 Å². The van der Waals surface area contributed by atoms with Gasteiger partial charge in [-0.3, -0.25) is 14.5 Å². The molecule has 2 amide bonds. The zero-order valence-corrected chi connectivity index (χ0v) is 21.7. The topological polar surface area (TPSA) is 63.4 Å². The van der Waals surface area contributed by atoms with Gasteiger partial charge < -0.3 is 5.73 Å². The fourth-order valence-electron chi connectivity index (χ4n) is 5.38. The lowest BCUT2D eigenvalue weighted by Crippen LogP contribution is -2.50. The minimum atomic E-state index is -1.08. The number of aryl methyl sites for hydroxylation is 1. The summed E-state index contributed by atoms with van der Waals surface area (Å²) in [6, 6.07) is 13.3. The summed E-state index contributed by atoms with van der Waals surface area (Å²) in [5, 5.41) is 0. The average Bonchev–Trinajstić information content (AvgIpc) is 3.56. The number of hydrogen-bond acceptors (Lipinski definition) is 3. The van der Waals surface area contributed by atoms with Crippen molar-refractivity contribution in [2.24, 2.45) is 5.73 Å². The number of carbonyl (C=O) groups excluding carboxylic acids is 2. The Morgan fingerprint density at radius 1 is 0.971 bits per heavy atom. The molecule has 2 aliphatic rings. The van der Waals surface area contributed by atoms with Crippen LogP contribution in [0.3, 0.4) is 0 Å². The van der Waals surface area contributed by atoms with Crippen molar-refractivity contribution in [2.75, 3.05) is 0 Å². The zero-order valence-electron chi connectivity index (χ0n) is 21.7. The molecule has 0 aromatic heterocycles. The van der Waals surface area contributed by atoms with E-state index in [9.17, 15) is 9.59 Å². The van der Waals surface area contributed by atoms with E-state index in [1.54, 1.807) is 13.8 Å². The van der Waals surface area contributed by atoms with E-state index in [0.717, 1.165) is 23.3 Å². The van der Waals surface area contributed by atoms with Crippen LogP contribution in [0.4, 0.5) is 0 Å². The van der Waals surface area contributed by atoms with Crippen molar-refractivity contribution < 1.29 is 9.59 Å². The molecule has 2 aliphatic carbocycles. The number of fused-ring (bicyclic) bond motifs is 1. The van der Waals surface area contributed by atoms with Crippen LogP contribution < -0.4 is 5.73 Å². The standard InChI is InChI=1S/C30H38N2O2/c1-20-16-24-25(28(4,5)13-12-27(24,2)3)17-23(20)30(14-15-30)22-10-8-21(9-11-22)18-32(19-33)26(34)29(6,7)31/h8-13,16-17,19H,14-15,18,31H2,1-7H3.